The Morgan fingerprint density at radius 2 is 1.93 bits per heavy atom. The molecule has 1 atom stereocenters. The van der Waals surface area contributed by atoms with Crippen LogP contribution in [0.1, 0.15) is 23.7 Å². The summed E-state index contributed by atoms with van der Waals surface area (Å²) in [6, 6.07) is 11.1. The fraction of sp³-hybridized carbons (Fsp3) is 0.400. The molecule has 0 aliphatic heterocycles. The van der Waals surface area contributed by atoms with Crippen LogP contribution in [0.4, 0.5) is 0 Å². The first-order valence-corrected chi connectivity index (χ1v) is 8.77. The highest BCUT2D eigenvalue weighted by molar-refractivity contribution is 5.85. The Balaban J connectivity index is 0.00000392. The minimum Gasteiger partial charge on any atom is -0.487 e. The van der Waals surface area contributed by atoms with Gasteiger partial charge in [0, 0.05) is 26.3 Å². The van der Waals surface area contributed by atoms with E-state index < -0.39 is 6.10 Å². The maximum absolute atomic E-state index is 12.3. The molecule has 0 fully saturated rings. The number of aliphatic hydroxyl groups is 1. The summed E-state index contributed by atoms with van der Waals surface area (Å²) in [5.74, 6) is 0.470. The predicted molar refractivity (Wildman–Crippen MR) is 107 cm³/mol. The second kappa shape index (κ2) is 12.3. The van der Waals surface area contributed by atoms with E-state index in [0.29, 0.717) is 25.4 Å². The molecule has 154 valence electrons. The third kappa shape index (κ3) is 7.09. The Labute approximate surface area is 171 Å². The standard InChI is InChI=1S/C20H26N2O5.ClH/c1-4-26-19(20(24)22(2)25-3)12-15-5-7-18(8-6-15)27-14-17-11-16(13-23)9-10-21-17;/h5-11,19,23H,4,12-14H2,1-3H3;1H/t19-;/m0./s1. The van der Waals surface area contributed by atoms with Crippen molar-refractivity contribution in [1.29, 1.82) is 0 Å². The van der Waals surface area contributed by atoms with Gasteiger partial charge in [0.25, 0.3) is 5.91 Å². The van der Waals surface area contributed by atoms with Crippen molar-refractivity contribution < 1.29 is 24.2 Å². The number of carbonyl (C=O) groups excluding carboxylic acids is 1. The molecule has 1 amide bonds. The number of carbonyl (C=O) groups is 1. The highest BCUT2D eigenvalue weighted by atomic mass is 35.5. The summed E-state index contributed by atoms with van der Waals surface area (Å²) < 4.78 is 11.3. The first-order valence-electron chi connectivity index (χ1n) is 8.77. The molecule has 28 heavy (non-hydrogen) atoms. The van der Waals surface area contributed by atoms with E-state index in [1.165, 1.54) is 12.2 Å². The number of aromatic nitrogens is 1. The third-order valence-electron chi connectivity index (χ3n) is 4.02. The van der Waals surface area contributed by atoms with Crippen molar-refractivity contribution in [3.05, 3.63) is 59.4 Å². The van der Waals surface area contributed by atoms with Crippen molar-refractivity contribution in [3.8, 4) is 5.75 Å². The molecule has 0 spiro atoms. The lowest BCUT2D eigenvalue weighted by Crippen LogP contribution is -2.38. The summed E-state index contributed by atoms with van der Waals surface area (Å²) in [5.41, 5.74) is 2.50. The minimum absolute atomic E-state index is 0. The van der Waals surface area contributed by atoms with E-state index in [4.69, 9.17) is 19.4 Å². The molecule has 1 aromatic carbocycles. The average Bonchev–Trinajstić information content (AvgIpc) is 2.72. The molecule has 0 radical (unpaired) electrons. The molecule has 2 rings (SSSR count). The normalized spacial score (nSPS) is 11.4. The Kier molecular flexibility index (Phi) is 10.5. The number of pyridine rings is 1. The van der Waals surface area contributed by atoms with E-state index in [0.717, 1.165) is 16.8 Å². The monoisotopic (exact) mass is 410 g/mol. The van der Waals surface area contributed by atoms with Crippen LogP contribution in [-0.2, 0) is 34.0 Å². The van der Waals surface area contributed by atoms with Crippen LogP contribution in [0.2, 0.25) is 0 Å². The summed E-state index contributed by atoms with van der Waals surface area (Å²) in [6.07, 6.45) is 1.49. The molecule has 8 heteroatoms. The molecule has 1 N–H and O–H groups in total. The van der Waals surface area contributed by atoms with Gasteiger partial charge in [-0.1, -0.05) is 12.1 Å². The fourth-order valence-corrected chi connectivity index (χ4v) is 2.51. The van der Waals surface area contributed by atoms with Gasteiger partial charge in [0.15, 0.2) is 0 Å². The second-order valence-corrected chi connectivity index (χ2v) is 5.91. The molecule has 2 aromatic rings. The van der Waals surface area contributed by atoms with Gasteiger partial charge in [-0.15, -0.1) is 12.4 Å². The molecule has 7 nitrogen and oxygen atoms in total. The topological polar surface area (TPSA) is 81.1 Å². The Hall–Kier alpha value is -2.19. The summed E-state index contributed by atoms with van der Waals surface area (Å²) in [6.45, 7) is 2.58. The zero-order chi connectivity index (χ0) is 19.6. The van der Waals surface area contributed by atoms with Crippen LogP contribution in [-0.4, -0.2) is 47.9 Å². The number of likely N-dealkylation sites (N-methyl/N-ethyl adjacent to an activating group) is 1. The number of ether oxygens (including phenoxy) is 2. The zero-order valence-electron chi connectivity index (χ0n) is 16.3. The van der Waals surface area contributed by atoms with Crippen LogP contribution >= 0.6 is 12.4 Å². The molecule has 0 aliphatic carbocycles. The molecule has 0 saturated carbocycles. The Bertz CT molecular complexity index is 727. The summed E-state index contributed by atoms with van der Waals surface area (Å²) in [7, 11) is 3.00. The molecular formula is C20H27ClN2O5. The van der Waals surface area contributed by atoms with Gasteiger partial charge >= 0.3 is 0 Å². The van der Waals surface area contributed by atoms with Gasteiger partial charge < -0.3 is 14.6 Å². The number of hydrogen-bond donors (Lipinski definition) is 1. The summed E-state index contributed by atoms with van der Waals surface area (Å²) in [5, 5.41) is 10.3. The zero-order valence-corrected chi connectivity index (χ0v) is 17.1. The summed E-state index contributed by atoms with van der Waals surface area (Å²) in [4.78, 5) is 21.4. The van der Waals surface area contributed by atoms with E-state index in [2.05, 4.69) is 4.98 Å². The van der Waals surface area contributed by atoms with E-state index >= 15 is 0 Å². The van der Waals surface area contributed by atoms with Crippen molar-refractivity contribution in [3.63, 3.8) is 0 Å². The first-order chi connectivity index (χ1) is 13.1. The van der Waals surface area contributed by atoms with Crippen LogP contribution in [0.3, 0.4) is 0 Å². The number of halogens is 1. The first kappa shape index (κ1) is 23.8. The highest BCUT2D eigenvalue weighted by Gasteiger charge is 2.23. The van der Waals surface area contributed by atoms with Gasteiger partial charge in [-0.25, -0.2) is 5.06 Å². The smallest absolute Gasteiger partial charge is 0.275 e. The summed E-state index contributed by atoms with van der Waals surface area (Å²) >= 11 is 0. The van der Waals surface area contributed by atoms with Gasteiger partial charge in [0.05, 0.1) is 19.4 Å². The van der Waals surface area contributed by atoms with E-state index in [1.807, 2.05) is 31.2 Å². The van der Waals surface area contributed by atoms with Crippen molar-refractivity contribution in [2.24, 2.45) is 0 Å². The van der Waals surface area contributed by atoms with Crippen LogP contribution in [0.15, 0.2) is 42.6 Å². The number of benzene rings is 1. The average molecular weight is 411 g/mol. The molecule has 0 saturated heterocycles. The van der Waals surface area contributed by atoms with Crippen molar-refractivity contribution >= 4 is 18.3 Å². The number of hydroxylamine groups is 2. The van der Waals surface area contributed by atoms with Crippen LogP contribution in [0.5, 0.6) is 5.75 Å². The lowest BCUT2D eigenvalue weighted by atomic mass is 10.1. The van der Waals surface area contributed by atoms with Gasteiger partial charge in [-0.3, -0.25) is 14.6 Å². The number of rotatable bonds is 10. The quantitative estimate of drug-likeness (QED) is 0.606. The molecule has 0 aliphatic rings. The largest absolute Gasteiger partial charge is 0.487 e. The second-order valence-electron chi connectivity index (χ2n) is 5.91. The lowest BCUT2D eigenvalue weighted by Gasteiger charge is -2.21. The fourth-order valence-electron chi connectivity index (χ4n) is 2.51. The van der Waals surface area contributed by atoms with E-state index in [9.17, 15) is 4.79 Å². The minimum atomic E-state index is -0.600. The van der Waals surface area contributed by atoms with Gasteiger partial charge in [0.1, 0.15) is 18.5 Å². The van der Waals surface area contributed by atoms with Crippen molar-refractivity contribution in [2.75, 3.05) is 20.8 Å². The highest BCUT2D eigenvalue weighted by Crippen LogP contribution is 2.16. The molecule has 1 aromatic heterocycles. The van der Waals surface area contributed by atoms with Crippen LogP contribution in [0.25, 0.3) is 0 Å². The van der Waals surface area contributed by atoms with Crippen molar-refractivity contribution in [1.82, 2.24) is 10.0 Å². The van der Waals surface area contributed by atoms with Gasteiger partial charge in [-0.2, -0.15) is 0 Å². The number of aliphatic hydroxyl groups excluding tert-OH is 1. The maximum atomic E-state index is 12.3. The van der Waals surface area contributed by atoms with E-state index in [1.54, 1.807) is 25.4 Å². The van der Waals surface area contributed by atoms with Gasteiger partial charge in [0.2, 0.25) is 0 Å². The molecule has 0 bridgehead atoms. The number of nitrogens with zero attached hydrogens (tertiary/aromatic N) is 2. The molecular weight excluding hydrogens is 384 g/mol. The van der Waals surface area contributed by atoms with Gasteiger partial charge in [-0.05, 0) is 42.3 Å². The van der Waals surface area contributed by atoms with E-state index in [-0.39, 0.29) is 24.9 Å². The molecule has 0 unspecified atom stereocenters. The number of amides is 1. The molecule has 1 heterocycles. The Morgan fingerprint density at radius 3 is 2.54 bits per heavy atom. The lowest BCUT2D eigenvalue weighted by molar-refractivity contribution is -0.180. The predicted octanol–water partition coefficient (Wildman–Crippen LogP) is 2.54. The number of hydrogen-bond acceptors (Lipinski definition) is 6. The maximum Gasteiger partial charge on any atom is 0.275 e. The van der Waals surface area contributed by atoms with Crippen molar-refractivity contribution in [2.45, 2.75) is 32.7 Å². The Morgan fingerprint density at radius 1 is 1.21 bits per heavy atom. The van der Waals surface area contributed by atoms with Crippen LogP contribution < -0.4 is 4.74 Å². The third-order valence-corrected chi connectivity index (χ3v) is 4.02. The van der Waals surface area contributed by atoms with Crippen LogP contribution in [0, 0.1) is 0 Å². The SMILES string of the molecule is CCO[C@@H](Cc1ccc(OCc2cc(CO)ccn2)cc1)C(=O)N(C)OC.Cl.